The van der Waals surface area contributed by atoms with Gasteiger partial charge in [-0.2, -0.15) is 0 Å². The molecule has 3 N–H and O–H groups in total. The Bertz CT molecular complexity index is 406. The number of nitrogens with zero attached hydrogens (tertiary/aromatic N) is 4. The zero-order valence-electron chi connectivity index (χ0n) is 13.0. The van der Waals surface area contributed by atoms with Gasteiger partial charge in [0.1, 0.15) is 0 Å². The van der Waals surface area contributed by atoms with Gasteiger partial charge in [-0.1, -0.05) is 19.1 Å². The van der Waals surface area contributed by atoms with E-state index in [0.29, 0.717) is 0 Å². The zero-order valence-corrected chi connectivity index (χ0v) is 13.0. The van der Waals surface area contributed by atoms with E-state index in [-0.39, 0.29) is 11.6 Å². The van der Waals surface area contributed by atoms with Crippen molar-refractivity contribution in [2.24, 2.45) is 12.9 Å². The largest absolute Gasteiger partial charge is 0.296 e. The molecule has 0 spiro atoms. The molecule has 0 aromatic carbocycles. The molecule has 114 valence electrons. The highest BCUT2D eigenvalue weighted by molar-refractivity contribution is 5.06. The van der Waals surface area contributed by atoms with Crippen LogP contribution < -0.4 is 11.3 Å². The average molecular weight is 280 g/mol. The first-order valence-electron chi connectivity index (χ1n) is 7.72. The first kappa shape index (κ1) is 15.4. The molecule has 6 heteroatoms. The van der Waals surface area contributed by atoms with E-state index >= 15 is 0 Å². The highest BCUT2D eigenvalue weighted by atomic mass is 15.4. The van der Waals surface area contributed by atoms with Gasteiger partial charge in [0.25, 0.3) is 0 Å². The number of hydrogen-bond donors (Lipinski definition) is 2. The van der Waals surface area contributed by atoms with Crippen LogP contribution in [0, 0.1) is 0 Å². The summed E-state index contributed by atoms with van der Waals surface area (Å²) in [5.41, 5.74) is 4.18. The van der Waals surface area contributed by atoms with Crippen LogP contribution in [-0.2, 0) is 13.5 Å². The molecule has 1 aromatic rings. The maximum atomic E-state index is 5.90. The third-order valence-corrected chi connectivity index (χ3v) is 4.87. The third kappa shape index (κ3) is 2.87. The summed E-state index contributed by atoms with van der Waals surface area (Å²) in [5, 5.41) is 8.23. The van der Waals surface area contributed by atoms with Gasteiger partial charge in [-0.05, 0) is 38.8 Å². The van der Waals surface area contributed by atoms with E-state index in [4.69, 9.17) is 5.84 Å². The highest BCUT2D eigenvalue weighted by Gasteiger charge is 2.41. The van der Waals surface area contributed by atoms with E-state index in [2.05, 4.69) is 34.5 Å². The molecule has 0 aliphatic carbocycles. The third-order valence-electron chi connectivity index (χ3n) is 4.87. The van der Waals surface area contributed by atoms with Crippen molar-refractivity contribution in [1.29, 1.82) is 0 Å². The fourth-order valence-corrected chi connectivity index (χ4v) is 3.67. The number of likely N-dealkylation sites (tertiary alicyclic amines) is 1. The smallest absolute Gasteiger partial charge is 0.0843 e. The van der Waals surface area contributed by atoms with Crippen LogP contribution in [0.2, 0.25) is 0 Å². The monoisotopic (exact) mass is 280 g/mol. The molecule has 20 heavy (non-hydrogen) atoms. The summed E-state index contributed by atoms with van der Waals surface area (Å²) in [4.78, 5) is 2.62. The molecule has 1 atom stereocenters. The number of hydrazine groups is 1. The Kier molecular flexibility index (Phi) is 5.12. The molecule has 2 heterocycles. The van der Waals surface area contributed by atoms with E-state index in [1.165, 1.54) is 25.9 Å². The second kappa shape index (κ2) is 6.65. The van der Waals surface area contributed by atoms with E-state index in [0.717, 1.165) is 25.0 Å². The predicted molar refractivity (Wildman–Crippen MR) is 79.9 cm³/mol. The Morgan fingerprint density at radius 1 is 1.35 bits per heavy atom. The SMILES string of the molecule is CCC(CC)(C(Cc1cn(C)nn1)NN)N1CCCC1. The van der Waals surface area contributed by atoms with E-state index < -0.39 is 0 Å². The number of hydrogen-bond acceptors (Lipinski definition) is 5. The van der Waals surface area contributed by atoms with Crippen molar-refractivity contribution in [2.75, 3.05) is 13.1 Å². The van der Waals surface area contributed by atoms with Crippen LogP contribution in [0.15, 0.2) is 6.20 Å². The van der Waals surface area contributed by atoms with Crippen LogP contribution >= 0.6 is 0 Å². The van der Waals surface area contributed by atoms with E-state index in [1.54, 1.807) is 4.68 Å². The average Bonchev–Trinajstić information content (AvgIpc) is 3.11. The van der Waals surface area contributed by atoms with Crippen LogP contribution in [0.3, 0.4) is 0 Å². The van der Waals surface area contributed by atoms with Gasteiger partial charge in [0.05, 0.1) is 5.69 Å². The summed E-state index contributed by atoms with van der Waals surface area (Å²) in [6, 6.07) is 0.201. The summed E-state index contributed by atoms with van der Waals surface area (Å²) in [6.45, 7) is 6.90. The quantitative estimate of drug-likeness (QED) is 0.572. The first-order chi connectivity index (χ1) is 9.66. The Hall–Kier alpha value is -0.980. The van der Waals surface area contributed by atoms with Crippen LogP contribution in [0.1, 0.15) is 45.2 Å². The maximum Gasteiger partial charge on any atom is 0.0843 e. The summed E-state index contributed by atoms with van der Waals surface area (Å²) < 4.78 is 1.75. The number of nitrogens with one attached hydrogen (secondary N) is 1. The van der Waals surface area contributed by atoms with Gasteiger partial charge in [-0.15, -0.1) is 5.10 Å². The van der Waals surface area contributed by atoms with Crippen LogP contribution in [0.4, 0.5) is 0 Å². The van der Waals surface area contributed by atoms with Crippen molar-refractivity contribution in [1.82, 2.24) is 25.3 Å². The predicted octanol–water partition coefficient (Wildman–Crippen LogP) is 0.844. The summed E-state index contributed by atoms with van der Waals surface area (Å²) in [6.07, 6.45) is 7.58. The molecule has 0 radical (unpaired) electrons. The Morgan fingerprint density at radius 3 is 2.45 bits per heavy atom. The standard InChI is InChI=1S/C14H28N6/c1-4-14(5-2,20-8-6-7-9-20)13(16-15)10-12-11-19(3)18-17-12/h11,13,16H,4-10,15H2,1-3H3. The van der Waals surface area contributed by atoms with Gasteiger partial charge in [0.15, 0.2) is 0 Å². The molecule has 1 fully saturated rings. The molecule has 0 amide bonds. The fraction of sp³-hybridized carbons (Fsp3) is 0.857. The molecule has 6 nitrogen and oxygen atoms in total. The lowest BCUT2D eigenvalue weighted by Crippen LogP contribution is -2.62. The molecule has 2 rings (SSSR count). The zero-order chi connectivity index (χ0) is 14.6. The minimum atomic E-state index is 0.114. The van der Waals surface area contributed by atoms with Gasteiger partial charge in [0, 0.05) is 31.2 Å². The molecule has 1 unspecified atom stereocenters. The van der Waals surface area contributed by atoms with Crippen LogP contribution in [-0.4, -0.2) is 44.6 Å². The molecule has 0 bridgehead atoms. The van der Waals surface area contributed by atoms with Gasteiger partial charge >= 0.3 is 0 Å². The van der Waals surface area contributed by atoms with Crippen LogP contribution in [0.25, 0.3) is 0 Å². The number of aryl methyl sites for hydroxylation is 1. The van der Waals surface area contributed by atoms with Gasteiger partial charge < -0.3 is 0 Å². The lowest BCUT2D eigenvalue weighted by molar-refractivity contribution is 0.0617. The van der Waals surface area contributed by atoms with Crippen molar-refractivity contribution in [3.05, 3.63) is 11.9 Å². The summed E-state index contributed by atoms with van der Waals surface area (Å²) in [7, 11) is 1.90. The van der Waals surface area contributed by atoms with E-state index in [9.17, 15) is 0 Å². The molecular weight excluding hydrogens is 252 g/mol. The second-order valence-corrected chi connectivity index (χ2v) is 5.81. The molecule has 1 saturated heterocycles. The van der Waals surface area contributed by atoms with Crippen molar-refractivity contribution >= 4 is 0 Å². The van der Waals surface area contributed by atoms with Crippen molar-refractivity contribution in [2.45, 2.75) is 57.5 Å². The second-order valence-electron chi connectivity index (χ2n) is 5.81. The number of nitrogens with two attached hydrogens (primary N) is 1. The fourth-order valence-electron chi connectivity index (χ4n) is 3.67. The topological polar surface area (TPSA) is 72.0 Å². The normalized spacial score (nSPS) is 18.6. The Morgan fingerprint density at radius 2 is 2.00 bits per heavy atom. The van der Waals surface area contributed by atoms with Gasteiger partial charge in [0.2, 0.25) is 0 Å². The molecule has 1 aliphatic rings. The van der Waals surface area contributed by atoms with Crippen molar-refractivity contribution in [3.63, 3.8) is 0 Å². The summed E-state index contributed by atoms with van der Waals surface area (Å²) in [5.74, 6) is 5.90. The molecule has 1 aromatic heterocycles. The summed E-state index contributed by atoms with van der Waals surface area (Å²) >= 11 is 0. The molecule has 0 saturated carbocycles. The lowest BCUT2D eigenvalue weighted by atomic mass is 9.81. The van der Waals surface area contributed by atoms with Gasteiger partial charge in [-0.25, -0.2) is 0 Å². The number of aromatic nitrogens is 3. The molecular formula is C14H28N6. The number of rotatable bonds is 7. The Labute approximate surface area is 121 Å². The van der Waals surface area contributed by atoms with Crippen LogP contribution in [0.5, 0.6) is 0 Å². The maximum absolute atomic E-state index is 5.90. The Balaban J connectivity index is 2.19. The van der Waals surface area contributed by atoms with E-state index in [1.807, 2.05) is 13.2 Å². The highest BCUT2D eigenvalue weighted by Crippen LogP contribution is 2.32. The minimum absolute atomic E-state index is 0.114. The first-order valence-corrected chi connectivity index (χ1v) is 7.72. The van der Waals surface area contributed by atoms with Crippen molar-refractivity contribution < 1.29 is 0 Å². The van der Waals surface area contributed by atoms with Gasteiger partial charge in [-0.3, -0.25) is 20.9 Å². The van der Waals surface area contributed by atoms with Crippen molar-refractivity contribution in [3.8, 4) is 0 Å². The molecule has 1 aliphatic heterocycles. The minimum Gasteiger partial charge on any atom is -0.296 e. The lowest BCUT2D eigenvalue weighted by Gasteiger charge is -2.46.